The summed E-state index contributed by atoms with van der Waals surface area (Å²) in [6, 6.07) is 10.3. The number of amides is 1. The summed E-state index contributed by atoms with van der Waals surface area (Å²) in [5.41, 5.74) is 2.66. The van der Waals surface area contributed by atoms with Crippen molar-refractivity contribution in [2.45, 2.75) is 19.9 Å². The minimum absolute atomic E-state index is 0.00790. The predicted octanol–water partition coefficient (Wildman–Crippen LogP) is 4.76. The number of anilines is 1. The minimum Gasteiger partial charge on any atom is -0.450 e. The molecule has 5 nitrogen and oxygen atoms in total. The summed E-state index contributed by atoms with van der Waals surface area (Å²) in [7, 11) is 0. The van der Waals surface area contributed by atoms with E-state index in [1.807, 2.05) is 25.3 Å². The standard InChI is InChI=1S/C22H15FN2O3S/c1-11-3-8-16-15(9-11)19(26)17-18(13-4-6-14(23)7-5-13)25(21(27)20(17)28-16)22-24-12(2)10-29-22/h3-10,18H,1-2H3/t18-/m0/s1. The van der Waals surface area contributed by atoms with Crippen LogP contribution in [0.5, 0.6) is 0 Å². The van der Waals surface area contributed by atoms with Crippen LogP contribution in [0.2, 0.25) is 0 Å². The Hall–Kier alpha value is -3.32. The van der Waals surface area contributed by atoms with Gasteiger partial charge in [0.2, 0.25) is 5.76 Å². The highest BCUT2D eigenvalue weighted by atomic mass is 32.1. The summed E-state index contributed by atoms with van der Waals surface area (Å²) in [5, 5.41) is 2.72. The molecule has 1 atom stereocenters. The molecule has 0 unspecified atom stereocenters. The molecule has 0 aliphatic carbocycles. The monoisotopic (exact) mass is 406 g/mol. The van der Waals surface area contributed by atoms with Crippen molar-refractivity contribution in [1.82, 2.24) is 4.98 Å². The maximum absolute atomic E-state index is 13.5. The molecule has 3 heterocycles. The number of aryl methyl sites for hydroxylation is 2. The van der Waals surface area contributed by atoms with E-state index in [1.54, 1.807) is 24.3 Å². The van der Waals surface area contributed by atoms with E-state index in [-0.39, 0.29) is 16.8 Å². The van der Waals surface area contributed by atoms with Gasteiger partial charge in [0.25, 0.3) is 5.91 Å². The van der Waals surface area contributed by atoms with Crippen molar-refractivity contribution in [3.05, 3.63) is 92.0 Å². The van der Waals surface area contributed by atoms with E-state index in [0.29, 0.717) is 21.7 Å². The molecule has 0 saturated carbocycles. The third kappa shape index (κ3) is 2.69. The molecule has 2 aromatic heterocycles. The molecule has 7 heteroatoms. The highest BCUT2D eigenvalue weighted by Crippen LogP contribution is 2.42. The van der Waals surface area contributed by atoms with Crippen LogP contribution in [0.3, 0.4) is 0 Å². The van der Waals surface area contributed by atoms with Crippen LogP contribution in [0.1, 0.15) is 39.0 Å². The first-order valence-corrected chi connectivity index (χ1v) is 9.90. The number of carbonyl (C=O) groups excluding carboxylic acids is 1. The maximum atomic E-state index is 13.5. The van der Waals surface area contributed by atoms with Gasteiger partial charge in [-0.15, -0.1) is 11.3 Å². The lowest BCUT2D eigenvalue weighted by atomic mass is 9.98. The summed E-state index contributed by atoms with van der Waals surface area (Å²) in [6.45, 7) is 3.72. The normalized spacial score (nSPS) is 15.9. The first-order chi connectivity index (χ1) is 13.9. The van der Waals surface area contributed by atoms with E-state index < -0.39 is 17.8 Å². The minimum atomic E-state index is -0.732. The van der Waals surface area contributed by atoms with Crippen molar-refractivity contribution in [2.24, 2.45) is 0 Å². The molecule has 0 saturated heterocycles. The fourth-order valence-electron chi connectivity index (χ4n) is 3.70. The summed E-state index contributed by atoms with van der Waals surface area (Å²) in [4.78, 5) is 32.6. The van der Waals surface area contributed by atoms with Crippen LogP contribution in [0.4, 0.5) is 9.52 Å². The van der Waals surface area contributed by atoms with Crippen LogP contribution in [0.15, 0.2) is 57.1 Å². The Morgan fingerprint density at radius 2 is 1.86 bits per heavy atom. The van der Waals surface area contributed by atoms with Gasteiger partial charge in [0, 0.05) is 5.38 Å². The van der Waals surface area contributed by atoms with Gasteiger partial charge < -0.3 is 4.42 Å². The third-order valence-electron chi connectivity index (χ3n) is 5.02. The largest absolute Gasteiger partial charge is 0.450 e. The van der Waals surface area contributed by atoms with Crippen molar-refractivity contribution >= 4 is 33.3 Å². The molecule has 0 radical (unpaired) electrons. The van der Waals surface area contributed by atoms with Crippen molar-refractivity contribution in [1.29, 1.82) is 0 Å². The lowest BCUT2D eigenvalue weighted by molar-refractivity contribution is 0.0971. The van der Waals surface area contributed by atoms with Gasteiger partial charge in [0.1, 0.15) is 11.4 Å². The number of rotatable bonds is 2. The van der Waals surface area contributed by atoms with E-state index in [1.165, 1.54) is 28.4 Å². The summed E-state index contributed by atoms with van der Waals surface area (Å²) in [5.74, 6) is -0.812. The highest BCUT2D eigenvalue weighted by Gasteiger charge is 2.44. The van der Waals surface area contributed by atoms with Gasteiger partial charge in [-0.1, -0.05) is 23.8 Å². The lowest BCUT2D eigenvalue weighted by Crippen LogP contribution is -2.29. The van der Waals surface area contributed by atoms with Crippen LogP contribution in [0.25, 0.3) is 11.0 Å². The second-order valence-corrected chi connectivity index (χ2v) is 7.91. The number of carbonyl (C=O) groups is 1. The molecule has 0 fully saturated rings. The zero-order valence-electron chi connectivity index (χ0n) is 15.6. The molecule has 5 rings (SSSR count). The highest BCUT2D eigenvalue weighted by molar-refractivity contribution is 7.14. The molecular weight excluding hydrogens is 391 g/mol. The number of hydrogen-bond acceptors (Lipinski definition) is 5. The number of nitrogens with zero attached hydrogens (tertiary/aromatic N) is 2. The molecule has 2 aromatic carbocycles. The fraction of sp³-hybridized carbons (Fsp3) is 0.136. The van der Waals surface area contributed by atoms with E-state index in [0.717, 1.165) is 11.3 Å². The number of fused-ring (bicyclic) bond motifs is 2. The van der Waals surface area contributed by atoms with Crippen molar-refractivity contribution in [3.8, 4) is 0 Å². The van der Waals surface area contributed by atoms with E-state index in [4.69, 9.17) is 4.42 Å². The molecular formula is C22H15FN2O3S. The molecule has 0 bridgehead atoms. The van der Waals surface area contributed by atoms with Gasteiger partial charge in [-0.05, 0) is 43.7 Å². The molecule has 0 N–H and O–H groups in total. The van der Waals surface area contributed by atoms with Crippen LogP contribution in [-0.2, 0) is 0 Å². The van der Waals surface area contributed by atoms with E-state index in [9.17, 15) is 14.0 Å². The Kier molecular flexibility index (Phi) is 3.89. The number of aromatic nitrogens is 1. The third-order valence-corrected chi connectivity index (χ3v) is 5.98. The molecule has 0 spiro atoms. The van der Waals surface area contributed by atoms with E-state index >= 15 is 0 Å². The SMILES string of the molecule is Cc1ccc2oc3c(c(=O)c2c1)[C@H](c1ccc(F)cc1)N(c1nc(C)cs1)C3=O. The molecule has 144 valence electrons. The number of benzene rings is 2. The first-order valence-electron chi connectivity index (χ1n) is 9.02. The Labute approximate surface area is 169 Å². The van der Waals surface area contributed by atoms with Crippen LogP contribution in [0, 0.1) is 19.7 Å². The number of halogens is 1. The molecule has 4 aromatic rings. The summed E-state index contributed by atoms with van der Waals surface area (Å²) < 4.78 is 19.4. The van der Waals surface area contributed by atoms with Crippen LogP contribution < -0.4 is 10.3 Å². The topological polar surface area (TPSA) is 63.4 Å². The van der Waals surface area contributed by atoms with Gasteiger partial charge >= 0.3 is 0 Å². The Morgan fingerprint density at radius 1 is 1.10 bits per heavy atom. The molecule has 1 amide bonds. The molecule has 1 aliphatic rings. The number of thiazole rings is 1. The van der Waals surface area contributed by atoms with Crippen molar-refractivity contribution in [2.75, 3.05) is 4.90 Å². The van der Waals surface area contributed by atoms with Gasteiger partial charge in [0.05, 0.1) is 22.7 Å². The first kappa shape index (κ1) is 17.8. The molecule has 29 heavy (non-hydrogen) atoms. The maximum Gasteiger partial charge on any atom is 0.297 e. The second kappa shape index (κ2) is 6.35. The molecule has 1 aliphatic heterocycles. The Bertz CT molecular complexity index is 1340. The average Bonchev–Trinajstić information content (AvgIpc) is 3.25. The predicted molar refractivity (Wildman–Crippen MR) is 109 cm³/mol. The Balaban J connectivity index is 1.83. The van der Waals surface area contributed by atoms with Gasteiger partial charge in [-0.25, -0.2) is 9.37 Å². The summed E-state index contributed by atoms with van der Waals surface area (Å²) >= 11 is 1.31. The fourth-order valence-corrected chi connectivity index (χ4v) is 4.52. The number of hydrogen-bond donors (Lipinski definition) is 0. The average molecular weight is 406 g/mol. The quantitative estimate of drug-likeness (QED) is 0.482. The van der Waals surface area contributed by atoms with Crippen LogP contribution >= 0.6 is 11.3 Å². The van der Waals surface area contributed by atoms with Gasteiger partial charge in [-0.2, -0.15) is 0 Å². The lowest BCUT2D eigenvalue weighted by Gasteiger charge is -2.22. The second-order valence-electron chi connectivity index (χ2n) is 7.07. The van der Waals surface area contributed by atoms with Crippen molar-refractivity contribution < 1.29 is 13.6 Å². The zero-order chi connectivity index (χ0) is 20.3. The smallest absolute Gasteiger partial charge is 0.297 e. The van der Waals surface area contributed by atoms with Gasteiger partial charge in [0.15, 0.2) is 10.6 Å². The van der Waals surface area contributed by atoms with Crippen LogP contribution in [-0.4, -0.2) is 10.9 Å². The van der Waals surface area contributed by atoms with Crippen molar-refractivity contribution in [3.63, 3.8) is 0 Å². The van der Waals surface area contributed by atoms with Gasteiger partial charge in [-0.3, -0.25) is 14.5 Å². The zero-order valence-corrected chi connectivity index (χ0v) is 16.4. The summed E-state index contributed by atoms with van der Waals surface area (Å²) in [6.07, 6.45) is 0. The van der Waals surface area contributed by atoms with E-state index in [2.05, 4.69) is 4.98 Å². The Morgan fingerprint density at radius 3 is 2.55 bits per heavy atom.